The summed E-state index contributed by atoms with van der Waals surface area (Å²) in [5.41, 5.74) is 5.46. The summed E-state index contributed by atoms with van der Waals surface area (Å²) in [7, 11) is -6.87. The lowest BCUT2D eigenvalue weighted by molar-refractivity contribution is 0.273. The van der Waals surface area contributed by atoms with Gasteiger partial charge in [0.1, 0.15) is 5.25 Å². The van der Waals surface area contributed by atoms with Gasteiger partial charge in [0.2, 0.25) is 20.0 Å². The largest absolute Gasteiger partial charge is 0.392 e. The SMILES string of the molecule is CCC(C(N)=S)S(=O)(=O)N1CCN(S(C)(=O)=O)CC1. The van der Waals surface area contributed by atoms with Gasteiger partial charge < -0.3 is 5.73 Å². The summed E-state index contributed by atoms with van der Waals surface area (Å²) >= 11 is 4.78. The fourth-order valence-electron chi connectivity index (χ4n) is 1.99. The van der Waals surface area contributed by atoms with E-state index in [4.69, 9.17) is 18.0 Å². The molecule has 0 aliphatic carbocycles. The van der Waals surface area contributed by atoms with Crippen molar-refractivity contribution >= 4 is 37.3 Å². The molecule has 1 rings (SSSR count). The monoisotopic (exact) mass is 329 g/mol. The molecule has 0 aromatic heterocycles. The Morgan fingerprint density at radius 2 is 1.58 bits per heavy atom. The lowest BCUT2D eigenvalue weighted by Gasteiger charge is -2.34. The van der Waals surface area contributed by atoms with Crippen LogP contribution in [0.15, 0.2) is 0 Å². The number of rotatable bonds is 5. The van der Waals surface area contributed by atoms with Gasteiger partial charge in [0.05, 0.1) is 11.2 Å². The number of thiocarbonyl (C=S) groups is 1. The van der Waals surface area contributed by atoms with E-state index in [1.807, 2.05) is 0 Å². The van der Waals surface area contributed by atoms with Crippen LogP contribution in [0, 0.1) is 0 Å². The smallest absolute Gasteiger partial charge is 0.223 e. The average Bonchev–Trinajstić information content (AvgIpc) is 2.28. The normalized spacial score (nSPS) is 21.2. The first kappa shape index (κ1) is 16.8. The summed E-state index contributed by atoms with van der Waals surface area (Å²) in [6.07, 6.45) is 1.42. The minimum atomic E-state index is -3.60. The zero-order valence-electron chi connectivity index (χ0n) is 10.9. The summed E-state index contributed by atoms with van der Waals surface area (Å²) < 4.78 is 49.9. The van der Waals surface area contributed by atoms with Crippen LogP contribution in [0.25, 0.3) is 0 Å². The molecule has 2 N–H and O–H groups in total. The van der Waals surface area contributed by atoms with Gasteiger partial charge in [-0.3, -0.25) is 0 Å². The number of piperazine rings is 1. The predicted molar refractivity (Wildman–Crippen MR) is 77.8 cm³/mol. The first-order chi connectivity index (χ1) is 8.60. The molecule has 0 saturated carbocycles. The number of sulfonamides is 2. The average molecular weight is 329 g/mol. The topological polar surface area (TPSA) is 101 Å². The second-order valence-corrected chi connectivity index (χ2v) is 8.97. The van der Waals surface area contributed by atoms with Gasteiger partial charge in [-0.05, 0) is 6.42 Å². The second-order valence-electron chi connectivity index (χ2n) is 4.41. The molecule has 0 bridgehead atoms. The molecular weight excluding hydrogens is 310 g/mol. The van der Waals surface area contributed by atoms with E-state index >= 15 is 0 Å². The van der Waals surface area contributed by atoms with Gasteiger partial charge in [-0.25, -0.2) is 16.8 Å². The van der Waals surface area contributed by atoms with Gasteiger partial charge in [0, 0.05) is 26.2 Å². The van der Waals surface area contributed by atoms with Crippen LogP contribution in [-0.4, -0.2) is 68.1 Å². The van der Waals surface area contributed by atoms with Crippen molar-refractivity contribution in [1.29, 1.82) is 0 Å². The zero-order valence-corrected chi connectivity index (χ0v) is 13.4. The van der Waals surface area contributed by atoms with Crippen molar-refractivity contribution in [2.75, 3.05) is 32.4 Å². The zero-order chi connectivity index (χ0) is 14.8. The molecule has 1 aliphatic heterocycles. The van der Waals surface area contributed by atoms with Gasteiger partial charge in [0.15, 0.2) is 0 Å². The molecule has 1 unspecified atom stereocenters. The van der Waals surface area contributed by atoms with Gasteiger partial charge in [-0.1, -0.05) is 19.1 Å². The van der Waals surface area contributed by atoms with Gasteiger partial charge in [-0.15, -0.1) is 0 Å². The van der Waals surface area contributed by atoms with Crippen molar-refractivity contribution in [2.24, 2.45) is 5.73 Å². The Hall–Kier alpha value is -0.290. The van der Waals surface area contributed by atoms with Crippen LogP contribution in [0.2, 0.25) is 0 Å². The van der Waals surface area contributed by atoms with Crippen molar-refractivity contribution in [3.05, 3.63) is 0 Å². The molecule has 1 heterocycles. The maximum absolute atomic E-state index is 12.3. The Morgan fingerprint density at radius 3 is 1.89 bits per heavy atom. The van der Waals surface area contributed by atoms with E-state index in [1.54, 1.807) is 6.92 Å². The third-order valence-corrected chi connectivity index (χ3v) is 7.20. The summed E-state index contributed by atoms with van der Waals surface area (Å²) in [5, 5.41) is -0.882. The molecule has 7 nitrogen and oxygen atoms in total. The maximum atomic E-state index is 12.3. The summed E-state index contributed by atoms with van der Waals surface area (Å²) in [6.45, 7) is 2.29. The van der Waals surface area contributed by atoms with Crippen LogP contribution in [0.4, 0.5) is 0 Å². The van der Waals surface area contributed by atoms with E-state index < -0.39 is 25.3 Å². The second kappa shape index (κ2) is 6.00. The van der Waals surface area contributed by atoms with E-state index in [2.05, 4.69) is 0 Å². The molecule has 0 aromatic carbocycles. The standard InChI is InChI=1S/C9H19N3O4S3/c1-3-8(9(10)17)19(15,16)12-6-4-11(5-7-12)18(2,13)14/h8H,3-7H2,1-2H3,(H2,10,17). The highest BCUT2D eigenvalue weighted by molar-refractivity contribution is 7.92. The first-order valence-corrected chi connectivity index (χ1v) is 9.60. The summed E-state index contributed by atoms with van der Waals surface area (Å²) in [6, 6.07) is 0. The molecule has 19 heavy (non-hydrogen) atoms. The van der Waals surface area contributed by atoms with Crippen molar-refractivity contribution in [3.8, 4) is 0 Å². The third kappa shape index (κ3) is 3.85. The highest BCUT2D eigenvalue weighted by atomic mass is 32.2. The molecule has 10 heteroatoms. The van der Waals surface area contributed by atoms with E-state index in [0.29, 0.717) is 6.42 Å². The molecular formula is C9H19N3O4S3. The Kier molecular flexibility index (Phi) is 5.29. The lowest BCUT2D eigenvalue weighted by Crippen LogP contribution is -2.53. The predicted octanol–water partition coefficient (Wildman–Crippen LogP) is -1.04. The quantitative estimate of drug-likeness (QED) is 0.647. The van der Waals surface area contributed by atoms with Crippen molar-refractivity contribution in [3.63, 3.8) is 0 Å². The van der Waals surface area contributed by atoms with E-state index in [0.717, 1.165) is 6.26 Å². The molecule has 0 aromatic rings. The molecule has 0 amide bonds. The number of hydrogen-bond donors (Lipinski definition) is 1. The summed E-state index contributed by atoms with van der Waals surface area (Å²) in [4.78, 5) is -0.0481. The molecule has 1 saturated heterocycles. The highest BCUT2D eigenvalue weighted by Crippen LogP contribution is 2.16. The van der Waals surface area contributed by atoms with E-state index in [1.165, 1.54) is 8.61 Å². The first-order valence-electron chi connectivity index (χ1n) is 5.84. The number of nitrogens with zero attached hydrogens (tertiary/aromatic N) is 2. The van der Waals surface area contributed by atoms with Crippen LogP contribution in [-0.2, 0) is 20.0 Å². The minimum Gasteiger partial charge on any atom is -0.392 e. The minimum absolute atomic E-state index is 0.0481. The van der Waals surface area contributed by atoms with Crippen molar-refractivity contribution < 1.29 is 16.8 Å². The van der Waals surface area contributed by atoms with Crippen LogP contribution in [0.5, 0.6) is 0 Å². The maximum Gasteiger partial charge on any atom is 0.223 e. The van der Waals surface area contributed by atoms with Crippen LogP contribution in [0.3, 0.4) is 0 Å². The number of nitrogens with two attached hydrogens (primary N) is 1. The number of hydrogen-bond acceptors (Lipinski definition) is 5. The van der Waals surface area contributed by atoms with E-state index in [-0.39, 0.29) is 31.2 Å². The highest BCUT2D eigenvalue weighted by Gasteiger charge is 2.36. The Labute approximate surface area is 119 Å². The van der Waals surface area contributed by atoms with Crippen LogP contribution >= 0.6 is 12.2 Å². The molecule has 0 spiro atoms. The molecule has 112 valence electrons. The van der Waals surface area contributed by atoms with E-state index in [9.17, 15) is 16.8 Å². The molecule has 1 fully saturated rings. The van der Waals surface area contributed by atoms with Crippen LogP contribution in [0.1, 0.15) is 13.3 Å². The van der Waals surface area contributed by atoms with Crippen LogP contribution < -0.4 is 5.73 Å². The fourth-order valence-corrected chi connectivity index (χ4v) is 5.10. The Bertz CT molecular complexity index is 535. The Balaban J connectivity index is 2.83. The van der Waals surface area contributed by atoms with Gasteiger partial charge in [0.25, 0.3) is 0 Å². The summed E-state index contributed by atoms with van der Waals surface area (Å²) in [5.74, 6) is 0. The molecule has 1 atom stereocenters. The molecule has 0 radical (unpaired) electrons. The van der Waals surface area contributed by atoms with Gasteiger partial charge in [-0.2, -0.15) is 8.61 Å². The third-order valence-electron chi connectivity index (χ3n) is 3.07. The van der Waals surface area contributed by atoms with Crippen molar-refractivity contribution in [2.45, 2.75) is 18.6 Å². The fraction of sp³-hybridized carbons (Fsp3) is 0.889. The lowest BCUT2D eigenvalue weighted by atomic mass is 10.3. The Morgan fingerprint density at radius 1 is 1.16 bits per heavy atom. The molecule has 1 aliphatic rings. The van der Waals surface area contributed by atoms with Crippen molar-refractivity contribution in [1.82, 2.24) is 8.61 Å². The van der Waals surface area contributed by atoms with Gasteiger partial charge >= 0.3 is 0 Å².